The van der Waals surface area contributed by atoms with Crippen LogP contribution in [0.4, 0.5) is 0 Å². The van der Waals surface area contributed by atoms with Gasteiger partial charge in [0.1, 0.15) is 11.7 Å². The summed E-state index contributed by atoms with van der Waals surface area (Å²) in [4.78, 5) is 29.8. The van der Waals surface area contributed by atoms with E-state index in [0.29, 0.717) is 31.6 Å². The molecule has 0 radical (unpaired) electrons. The number of thiazole rings is 1. The first-order valence-corrected chi connectivity index (χ1v) is 7.08. The van der Waals surface area contributed by atoms with Gasteiger partial charge in [0.15, 0.2) is 0 Å². The van der Waals surface area contributed by atoms with Gasteiger partial charge in [0.2, 0.25) is 0 Å². The number of aromatic nitrogens is 1. The maximum absolute atomic E-state index is 12.3. The molecule has 1 saturated heterocycles. The Kier molecular flexibility index (Phi) is 4.49. The quantitative estimate of drug-likeness (QED) is 0.810. The molecule has 19 heavy (non-hydrogen) atoms. The van der Waals surface area contributed by atoms with Crippen molar-refractivity contribution >= 4 is 23.2 Å². The van der Waals surface area contributed by atoms with Crippen molar-refractivity contribution in [3.8, 4) is 0 Å². The predicted octanol–water partition coefficient (Wildman–Crippen LogP) is 0.422. The number of carbonyl (C=O) groups is 2. The molecule has 2 heterocycles. The van der Waals surface area contributed by atoms with Gasteiger partial charge in [0.05, 0.1) is 12.1 Å². The molecule has 1 aromatic heterocycles. The van der Waals surface area contributed by atoms with Crippen molar-refractivity contribution in [2.24, 2.45) is 5.73 Å². The lowest BCUT2D eigenvalue weighted by molar-refractivity contribution is -0.145. The van der Waals surface area contributed by atoms with Crippen molar-refractivity contribution in [1.29, 1.82) is 0 Å². The second-order valence-electron chi connectivity index (χ2n) is 4.34. The third kappa shape index (κ3) is 2.93. The largest absolute Gasteiger partial charge is 0.467 e. The Balaban J connectivity index is 2.11. The van der Waals surface area contributed by atoms with Gasteiger partial charge < -0.3 is 15.4 Å². The molecule has 2 rings (SSSR count). The van der Waals surface area contributed by atoms with Crippen molar-refractivity contribution < 1.29 is 14.3 Å². The van der Waals surface area contributed by atoms with Gasteiger partial charge in [-0.25, -0.2) is 9.78 Å². The van der Waals surface area contributed by atoms with Crippen LogP contribution in [0.5, 0.6) is 0 Å². The number of methoxy groups -OCH3 is 1. The minimum atomic E-state index is -0.475. The van der Waals surface area contributed by atoms with Gasteiger partial charge in [0.25, 0.3) is 5.91 Å². The maximum atomic E-state index is 12.3. The van der Waals surface area contributed by atoms with Crippen LogP contribution in [0.1, 0.15) is 28.3 Å². The first-order chi connectivity index (χ1) is 9.17. The molecule has 0 spiro atoms. The molecule has 1 fully saturated rings. The molecule has 104 valence electrons. The molecule has 1 unspecified atom stereocenters. The average Bonchev–Trinajstić information content (AvgIpc) is 3.06. The van der Waals surface area contributed by atoms with Gasteiger partial charge in [-0.2, -0.15) is 0 Å². The lowest BCUT2D eigenvalue weighted by Gasteiger charge is -2.21. The van der Waals surface area contributed by atoms with Crippen LogP contribution in [0, 0.1) is 0 Å². The summed E-state index contributed by atoms with van der Waals surface area (Å²) >= 11 is 1.42. The number of ether oxygens (including phenoxy) is 1. The average molecular weight is 283 g/mol. The zero-order valence-electron chi connectivity index (χ0n) is 10.8. The molecule has 1 aliphatic heterocycles. The number of carbonyl (C=O) groups excluding carboxylic acids is 2. The van der Waals surface area contributed by atoms with Crippen molar-refractivity contribution in [2.45, 2.75) is 25.3 Å². The predicted molar refractivity (Wildman–Crippen MR) is 70.9 cm³/mol. The summed E-state index contributed by atoms with van der Waals surface area (Å²) in [5.41, 5.74) is 5.85. The Morgan fingerprint density at radius 3 is 3.11 bits per heavy atom. The number of nitrogens with zero attached hydrogens (tertiary/aromatic N) is 2. The Hall–Kier alpha value is -1.47. The van der Waals surface area contributed by atoms with E-state index in [1.165, 1.54) is 18.4 Å². The number of likely N-dealkylation sites (tertiary alicyclic amines) is 1. The van der Waals surface area contributed by atoms with Crippen molar-refractivity contribution in [1.82, 2.24) is 9.88 Å². The fourth-order valence-corrected chi connectivity index (χ4v) is 2.97. The molecule has 0 bridgehead atoms. The van der Waals surface area contributed by atoms with Crippen LogP contribution in [0.2, 0.25) is 0 Å². The molecule has 2 N–H and O–H groups in total. The molecule has 1 amide bonds. The van der Waals surface area contributed by atoms with Gasteiger partial charge in [0, 0.05) is 18.3 Å². The van der Waals surface area contributed by atoms with Crippen LogP contribution in [-0.2, 0) is 16.0 Å². The topological polar surface area (TPSA) is 85.5 Å². The fraction of sp³-hybridized carbons (Fsp3) is 0.583. The normalized spacial score (nSPS) is 18.6. The molecule has 6 nitrogen and oxygen atoms in total. The summed E-state index contributed by atoms with van der Waals surface area (Å²) < 4.78 is 4.73. The first kappa shape index (κ1) is 14.0. The maximum Gasteiger partial charge on any atom is 0.328 e. The van der Waals surface area contributed by atoms with E-state index >= 15 is 0 Å². The van der Waals surface area contributed by atoms with Crippen molar-refractivity contribution in [2.75, 3.05) is 20.2 Å². The second-order valence-corrected chi connectivity index (χ2v) is 5.29. The van der Waals surface area contributed by atoms with Crippen LogP contribution in [0.15, 0.2) is 5.38 Å². The van der Waals surface area contributed by atoms with Crippen LogP contribution < -0.4 is 5.73 Å². The number of nitrogens with two attached hydrogens (primary N) is 1. The molecular weight excluding hydrogens is 266 g/mol. The minimum Gasteiger partial charge on any atom is -0.467 e. The van der Waals surface area contributed by atoms with E-state index in [2.05, 4.69) is 4.98 Å². The Morgan fingerprint density at radius 2 is 2.42 bits per heavy atom. The van der Waals surface area contributed by atoms with Crippen molar-refractivity contribution in [3.05, 3.63) is 16.1 Å². The number of hydrogen-bond acceptors (Lipinski definition) is 6. The molecule has 1 aromatic rings. The lowest BCUT2D eigenvalue weighted by atomic mass is 10.2. The number of esters is 1. The first-order valence-electron chi connectivity index (χ1n) is 6.20. The molecule has 0 saturated carbocycles. The Bertz CT molecular complexity index is 475. The van der Waals surface area contributed by atoms with Crippen molar-refractivity contribution in [3.63, 3.8) is 0 Å². The highest BCUT2D eigenvalue weighted by atomic mass is 32.1. The van der Waals surface area contributed by atoms with E-state index < -0.39 is 6.04 Å². The van der Waals surface area contributed by atoms with Crippen LogP contribution in [-0.4, -0.2) is 48.0 Å². The SMILES string of the molecule is COC(=O)C1CCCN1C(=O)c1csc(CCN)n1. The third-order valence-electron chi connectivity index (χ3n) is 3.12. The lowest BCUT2D eigenvalue weighted by Crippen LogP contribution is -2.41. The van der Waals surface area contributed by atoms with E-state index in [1.807, 2.05) is 0 Å². The number of hydrogen-bond donors (Lipinski definition) is 1. The molecular formula is C12H17N3O3S. The van der Waals surface area contributed by atoms with Crippen LogP contribution in [0.25, 0.3) is 0 Å². The highest BCUT2D eigenvalue weighted by Crippen LogP contribution is 2.22. The van der Waals surface area contributed by atoms with Crippen LogP contribution in [0.3, 0.4) is 0 Å². The fourth-order valence-electron chi connectivity index (χ4n) is 2.19. The molecule has 1 aliphatic rings. The molecule has 0 aromatic carbocycles. The minimum absolute atomic E-state index is 0.201. The van der Waals surface area contributed by atoms with Gasteiger partial charge >= 0.3 is 5.97 Å². The van der Waals surface area contributed by atoms with Gasteiger partial charge in [-0.05, 0) is 19.4 Å². The van der Waals surface area contributed by atoms with E-state index in [4.69, 9.17) is 10.5 Å². The summed E-state index contributed by atoms with van der Waals surface area (Å²) in [5.74, 6) is -0.560. The monoisotopic (exact) mass is 283 g/mol. The zero-order valence-corrected chi connectivity index (χ0v) is 11.6. The third-order valence-corrected chi connectivity index (χ3v) is 4.02. The molecule has 0 aliphatic carbocycles. The molecule has 7 heteroatoms. The highest BCUT2D eigenvalue weighted by molar-refractivity contribution is 7.09. The Labute approximate surface area is 115 Å². The zero-order chi connectivity index (χ0) is 13.8. The summed E-state index contributed by atoms with van der Waals surface area (Å²) in [7, 11) is 1.34. The summed E-state index contributed by atoms with van der Waals surface area (Å²) in [6, 6.07) is -0.475. The standard InChI is InChI=1S/C12H17N3O3S/c1-18-12(17)9-3-2-6-15(9)11(16)8-7-19-10(14-8)4-5-13/h7,9H,2-6,13H2,1H3. The highest BCUT2D eigenvalue weighted by Gasteiger charge is 2.36. The summed E-state index contributed by atoms with van der Waals surface area (Å²) in [5, 5.41) is 2.57. The van der Waals surface area contributed by atoms with Gasteiger partial charge in [-0.1, -0.05) is 0 Å². The molecule has 1 atom stereocenters. The number of rotatable bonds is 4. The summed E-state index contributed by atoms with van der Waals surface area (Å²) in [6.45, 7) is 1.08. The van der Waals surface area contributed by atoms with E-state index in [0.717, 1.165) is 11.4 Å². The van der Waals surface area contributed by atoms with Gasteiger partial charge in [-0.3, -0.25) is 4.79 Å². The van der Waals surface area contributed by atoms with Gasteiger partial charge in [-0.15, -0.1) is 11.3 Å². The van der Waals surface area contributed by atoms with Crippen LogP contribution >= 0.6 is 11.3 Å². The van der Waals surface area contributed by atoms with E-state index in [9.17, 15) is 9.59 Å². The van der Waals surface area contributed by atoms with E-state index in [-0.39, 0.29) is 11.9 Å². The smallest absolute Gasteiger partial charge is 0.328 e. The summed E-state index contributed by atoms with van der Waals surface area (Å²) in [6.07, 6.45) is 2.13. The number of amides is 1. The van der Waals surface area contributed by atoms with E-state index in [1.54, 1.807) is 10.3 Å². The second kappa shape index (κ2) is 6.12. The Morgan fingerprint density at radius 1 is 1.63 bits per heavy atom.